The summed E-state index contributed by atoms with van der Waals surface area (Å²) in [4.78, 5) is 33.6. The van der Waals surface area contributed by atoms with Crippen molar-refractivity contribution in [2.45, 2.75) is 25.4 Å². The van der Waals surface area contributed by atoms with Gasteiger partial charge in [-0.2, -0.15) is 0 Å². The van der Waals surface area contributed by atoms with Gasteiger partial charge in [-0.15, -0.1) is 0 Å². The van der Waals surface area contributed by atoms with Crippen LogP contribution in [0.5, 0.6) is 11.5 Å². The molecule has 198 valence electrons. The van der Waals surface area contributed by atoms with Crippen molar-refractivity contribution in [3.05, 3.63) is 90.0 Å². The van der Waals surface area contributed by atoms with E-state index in [-0.39, 0.29) is 17.7 Å². The minimum Gasteiger partial charge on any atom is -0.497 e. The summed E-state index contributed by atoms with van der Waals surface area (Å²) in [6, 6.07) is 25.3. The van der Waals surface area contributed by atoms with E-state index in [2.05, 4.69) is 29.2 Å². The molecule has 3 aromatic carbocycles. The van der Waals surface area contributed by atoms with Gasteiger partial charge in [-0.1, -0.05) is 42.5 Å². The van der Waals surface area contributed by atoms with Crippen molar-refractivity contribution in [1.82, 2.24) is 9.80 Å². The van der Waals surface area contributed by atoms with E-state index in [1.54, 1.807) is 19.1 Å². The van der Waals surface area contributed by atoms with Crippen LogP contribution in [-0.4, -0.2) is 62.0 Å². The summed E-state index contributed by atoms with van der Waals surface area (Å²) < 4.78 is 10.7. The number of benzene rings is 3. The summed E-state index contributed by atoms with van der Waals surface area (Å²) in [5.74, 6) is 1.28. The third-order valence-corrected chi connectivity index (χ3v) is 7.66. The van der Waals surface area contributed by atoms with Gasteiger partial charge in [0.05, 0.1) is 26.2 Å². The second-order valence-electron chi connectivity index (χ2n) is 9.91. The molecule has 0 aliphatic carbocycles. The molecule has 2 aliphatic heterocycles. The molecule has 2 aliphatic rings. The van der Waals surface area contributed by atoms with Crippen LogP contribution in [0.25, 0.3) is 0 Å². The topological polar surface area (TPSA) is 62.3 Å². The lowest BCUT2D eigenvalue weighted by Gasteiger charge is -2.44. The monoisotopic (exact) mass is 513 g/mol. The van der Waals surface area contributed by atoms with Crippen molar-refractivity contribution in [2.75, 3.05) is 45.3 Å². The Kier molecular flexibility index (Phi) is 7.94. The molecule has 38 heavy (non-hydrogen) atoms. The zero-order valence-electron chi connectivity index (χ0n) is 22.1. The Morgan fingerprint density at radius 3 is 2.03 bits per heavy atom. The van der Waals surface area contributed by atoms with Crippen LogP contribution >= 0.6 is 0 Å². The zero-order chi connectivity index (χ0) is 26.5. The molecule has 2 amide bonds. The number of anilines is 1. The maximum absolute atomic E-state index is 14.0. The van der Waals surface area contributed by atoms with Gasteiger partial charge in [0.25, 0.3) is 0 Å². The SMILES string of the molecule is COc1ccc([C@@H]2[C@H](C(=O)N3CCN(Cc4ccccc4)CC3)CCC(=O)N2c2ccc(OC)cc2)cc1. The summed E-state index contributed by atoms with van der Waals surface area (Å²) >= 11 is 0. The highest BCUT2D eigenvalue weighted by atomic mass is 16.5. The molecule has 2 fully saturated rings. The van der Waals surface area contributed by atoms with Crippen molar-refractivity contribution in [3.8, 4) is 11.5 Å². The molecule has 0 aromatic heterocycles. The highest BCUT2D eigenvalue weighted by Crippen LogP contribution is 2.41. The molecular formula is C31H35N3O4. The van der Waals surface area contributed by atoms with Gasteiger partial charge in [-0.3, -0.25) is 14.5 Å². The van der Waals surface area contributed by atoms with Crippen LogP contribution in [0.3, 0.4) is 0 Å². The van der Waals surface area contributed by atoms with E-state index in [1.807, 2.05) is 59.5 Å². The Bertz CT molecular complexity index is 1220. The Morgan fingerprint density at radius 1 is 0.816 bits per heavy atom. The van der Waals surface area contributed by atoms with Crippen molar-refractivity contribution in [3.63, 3.8) is 0 Å². The second-order valence-corrected chi connectivity index (χ2v) is 9.91. The quantitative estimate of drug-likeness (QED) is 0.465. The van der Waals surface area contributed by atoms with E-state index in [1.165, 1.54) is 5.56 Å². The van der Waals surface area contributed by atoms with Crippen LogP contribution in [0, 0.1) is 5.92 Å². The van der Waals surface area contributed by atoms with E-state index in [0.29, 0.717) is 25.9 Å². The standard InChI is InChI=1S/C31H35N3O4/c1-37-26-12-8-24(9-13-26)30-28(16-17-29(35)34(30)25-10-14-27(38-2)15-11-25)31(36)33-20-18-32(19-21-33)22-23-6-4-3-5-7-23/h3-15,28,30H,16-22H2,1-2H3/t28-,30-/m1/s1. The Morgan fingerprint density at radius 2 is 1.42 bits per heavy atom. The normalized spacial score (nSPS) is 20.3. The van der Waals surface area contributed by atoms with E-state index >= 15 is 0 Å². The molecule has 5 rings (SSSR count). The van der Waals surface area contributed by atoms with Crippen molar-refractivity contribution >= 4 is 17.5 Å². The fraction of sp³-hybridized carbons (Fsp3) is 0.355. The maximum atomic E-state index is 14.0. The number of carbonyl (C=O) groups excluding carboxylic acids is 2. The first-order valence-electron chi connectivity index (χ1n) is 13.2. The molecule has 2 heterocycles. The van der Waals surface area contributed by atoms with Gasteiger partial charge in [-0.05, 0) is 53.9 Å². The lowest BCUT2D eigenvalue weighted by molar-refractivity contribution is -0.140. The van der Waals surface area contributed by atoms with Crippen LogP contribution in [0.2, 0.25) is 0 Å². The minimum absolute atomic E-state index is 0.0210. The number of piperidine rings is 1. The number of carbonyl (C=O) groups is 2. The van der Waals surface area contributed by atoms with Crippen LogP contribution in [0.4, 0.5) is 5.69 Å². The van der Waals surface area contributed by atoms with Crippen molar-refractivity contribution < 1.29 is 19.1 Å². The molecule has 0 unspecified atom stereocenters. The van der Waals surface area contributed by atoms with E-state index in [9.17, 15) is 9.59 Å². The Labute approximate surface area is 224 Å². The molecule has 0 spiro atoms. The minimum atomic E-state index is -0.398. The van der Waals surface area contributed by atoms with Gasteiger partial charge in [0, 0.05) is 44.8 Å². The van der Waals surface area contributed by atoms with Crippen LogP contribution in [-0.2, 0) is 16.1 Å². The number of piperazine rings is 1. The largest absolute Gasteiger partial charge is 0.497 e. The smallest absolute Gasteiger partial charge is 0.228 e. The highest BCUT2D eigenvalue weighted by Gasteiger charge is 2.43. The first kappa shape index (κ1) is 25.8. The van der Waals surface area contributed by atoms with Gasteiger partial charge < -0.3 is 19.3 Å². The number of ether oxygens (including phenoxy) is 2. The average molecular weight is 514 g/mol. The molecule has 0 bridgehead atoms. The Balaban J connectivity index is 1.38. The summed E-state index contributed by atoms with van der Waals surface area (Å²) in [6.07, 6.45) is 0.869. The summed E-state index contributed by atoms with van der Waals surface area (Å²) in [6.45, 7) is 3.94. The van der Waals surface area contributed by atoms with E-state index in [0.717, 1.165) is 42.4 Å². The predicted octanol–water partition coefficient (Wildman–Crippen LogP) is 4.53. The fourth-order valence-corrected chi connectivity index (χ4v) is 5.58. The zero-order valence-corrected chi connectivity index (χ0v) is 22.1. The van der Waals surface area contributed by atoms with Crippen LogP contribution < -0.4 is 14.4 Å². The van der Waals surface area contributed by atoms with E-state index < -0.39 is 6.04 Å². The third kappa shape index (κ3) is 5.53. The second kappa shape index (κ2) is 11.7. The van der Waals surface area contributed by atoms with Gasteiger partial charge in [0.15, 0.2) is 0 Å². The van der Waals surface area contributed by atoms with Gasteiger partial charge in [0.1, 0.15) is 11.5 Å². The molecule has 2 saturated heterocycles. The number of rotatable bonds is 7. The molecule has 0 saturated carbocycles. The van der Waals surface area contributed by atoms with Crippen molar-refractivity contribution in [2.24, 2.45) is 5.92 Å². The number of amides is 2. The van der Waals surface area contributed by atoms with Crippen LogP contribution in [0.15, 0.2) is 78.9 Å². The molecule has 7 heteroatoms. The predicted molar refractivity (Wildman–Crippen MR) is 147 cm³/mol. The lowest BCUT2D eigenvalue weighted by atomic mass is 9.82. The lowest BCUT2D eigenvalue weighted by Crippen LogP contribution is -2.54. The van der Waals surface area contributed by atoms with Crippen LogP contribution in [0.1, 0.15) is 30.0 Å². The van der Waals surface area contributed by atoms with E-state index in [4.69, 9.17) is 9.47 Å². The van der Waals surface area contributed by atoms with Gasteiger partial charge >= 0.3 is 0 Å². The molecule has 7 nitrogen and oxygen atoms in total. The number of nitrogens with zero attached hydrogens (tertiary/aromatic N) is 3. The third-order valence-electron chi connectivity index (χ3n) is 7.66. The average Bonchev–Trinajstić information content (AvgIpc) is 2.98. The highest BCUT2D eigenvalue weighted by molar-refractivity contribution is 5.97. The Hall–Kier alpha value is -3.84. The number of hydrogen-bond acceptors (Lipinski definition) is 5. The summed E-state index contributed by atoms with van der Waals surface area (Å²) in [7, 11) is 3.25. The van der Waals surface area contributed by atoms with Crippen molar-refractivity contribution in [1.29, 1.82) is 0 Å². The van der Waals surface area contributed by atoms with Gasteiger partial charge in [0.2, 0.25) is 11.8 Å². The summed E-state index contributed by atoms with van der Waals surface area (Å²) in [5.41, 5.74) is 2.98. The number of hydrogen-bond donors (Lipinski definition) is 0. The molecule has 0 radical (unpaired) electrons. The molecule has 3 aromatic rings. The first-order valence-corrected chi connectivity index (χ1v) is 13.2. The number of methoxy groups -OCH3 is 2. The summed E-state index contributed by atoms with van der Waals surface area (Å²) in [5, 5.41) is 0. The molecule has 2 atom stereocenters. The van der Waals surface area contributed by atoms with Gasteiger partial charge in [-0.25, -0.2) is 0 Å². The first-order chi connectivity index (χ1) is 18.6. The molecular weight excluding hydrogens is 478 g/mol. The molecule has 0 N–H and O–H groups in total. The maximum Gasteiger partial charge on any atom is 0.228 e. The fourth-order valence-electron chi connectivity index (χ4n) is 5.58.